The van der Waals surface area contributed by atoms with E-state index in [4.69, 9.17) is 0 Å². The topological polar surface area (TPSA) is 49.4 Å². The van der Waals surface area contributed by atoms with Crippen LogP contribution in [0.2, 0.25) is 0 Å². The van der Waals surface area contributed by atoms with Gasteiger partial charge >= 0.3 is 10.2 Å². The third kappa shape index (κ3) is 1.78. The highest BCUT2D eigenvalue weighted by molar-refractivity contribution is 7.90. The monoisotopic (exact) mass is 244 g/mol. The third-order valence-electron chi connectivity index (χ3n) is 2.56. The molecule has 0 radical (unpaired) electrons. The van der Waals surface area contributed by atoms with Gasteiger partial charge in [-0.25, -0.2) is 4.39 Å². The molecule has 1 N–H and O–H groups in total. The van der Waals surface area contributed by atoms with E-state index >= 15 is 0 Å². The standard InChI is InChI=1S/C10H13FN2O2S/c1-7(2)13-6-8-9(11)4-3-5-10(8)12-16(13,14)15/h3-5,7,12H,6H2,1-2H3. The molecule has 0 bridgehead atoms. The number of nitrogens with one attached hydrogen (secondary N) is 1. The minimum atomic E-state index is -3.54. The summed E-state index contributed by atoms with van der Waals surface area (Å²) >= 11 is 0. The summed E-state index contributed by atoms with van der Waals surface area (Å²) in [4.78, 5) is 0. The highest BCUT2D eigenvalue weighted by atomic mass is 32.2. The average molecular weight is 244 g/mol. The highest BCUT2D eigenvalue weighted by Crippen LogP contribution is 2.29. The summed E-state index contributed by atoms with van der Waals surface area (Å²) in [5.74, 6) is -0.384. The lowest BCUT2D eigenvalue weighted by Gasteiger charge is -2.31. The first-order valence-corrected chi connectivity index (χ1v) is 6.43. The maximum absolute atomic E-state index is 13.5. The second kappa shape index (κ2) is 3.71. The van der Waals surface area contributed by atoms with Gasteiger partial charge in [-0.3, -0.25) is 4.72 Å². The zero-order chi connectivity index (χ0) is 11.9. The zero-order valence-corrected chi connectivity index (χ0v) is 9.88. The first kappa shape index (κ1) is 11.3. The van der Waals surface area contributed by atoms with Gasteiger partial charge in [-0.2, -0.15) is 12.7 Å². The molecular formula is C10H13FN2O2S. The molecule has 1 heterocycles. The van der Waals surface area contributed by atoms with Crippen molar-refractivity contribution in [2.24, 2.45) is 0 Å². The smallest absolute Gasteiger partial charge is 0.270 e. The van der Waals surface area contributed by atoms with Gasteiger partial charge in [0.25, 0.3) is 0 Å². The van der Waals surface area contributed by atoms with Crippen LogP contribution in [0.5, 0.6) is 0 Å². The number of fused-ring (bicyclic) bond motifs is 1. The fraction of sp³-hybridized carbons (Fsp3) is 0.400. The van der Waals surface area contributed by atoms with Crippen molar-refractivity contribution in [1.82, 2.24) is 4.31 Å². The van der Waals surface area contributed by atoms with Gasteiger partial charge in [0.15, 0.2) is 0 Å². The SMILES string of the molecule is CC(C)N1Cc2c(F)cccc2NS1(=O)=O. The van der Waals surface area contributed by atoms with Crippen LogP contribution in [-0.4, -0.2) is 18.8 Å². The normalized spacial score (nSPS) is 19.2. The minimum absolute atomic E-state index is 0.0784. The lowest BCUT2D eigenvalue weighted by molar-refractivity contribution is 0.342. The Morgan fingerprint density at radius 3 is 2.75 bits per heavy atom. The zero-order valence-electron chi connectivity index (χ0n) is 9.07. The number of rotatable bonds is 1. The predicted molar refractivity (Wildman–Crippen MR) is 59.6 cm³/mol. The molecule has 1 aliphatic rings. The van der Waals surface area contributed by atoms with Crippen LogP contribution in [0.15, 0.2) is 18.2 Å². The molecule has 0 unspecified atom stereocenters. The number of nitrogens with zero attached hydrogens (tertiary/aromatic N) is 1. The molecule has 0 aliphatic carbocycles. The molecule has 1 aromatic carbocycles. The molecule has 0 spiro atoms. The maximum Gasteiger partial charge on any atom is 0.302 e. The Hall–Kier alpha value is -1.14. The molecule has 0 saturated heterocycles. The van der Waals surface area contributed by atoms with Crippen LogP contribution in [0.25, 0.3) is 0 Å². The highest BCUT2D eigenvalue weighted by Gasteiger charge is 2.32. The van der Waals surface area contributed by atoms with Gasteiger partial charge < -0.3 is 0 Å². The fourth-order valence-electron chi connectivity index (χ4n) is 1.71. The quantitative estimate of drug-likeness (QED) is 0.817. The summed E-state index contributed by atoms with van der Waals surface area (Å²) in [5.41, 5.74) is 0.725. The van der Waals surface area contributed by atoms with Crippen molar-refractivity contribution in [3.05, 3.63) is 29.6 Å². The number of benzene rings is 1. The molecule has 6 heteroatoms. The van der Waals surface area contributed by atoms with Crippen molar-refractivity contribution < 1.29 is 12.8 Å². The summed E-state index contributed by atoms with van der Waals surface area (Å²) < 4.78 is 40.7. The molecule has 0 saturated carbocycles. The van der Waals surface area contributed by atoms with E-state index in [0.717, 1.165) is 0 Å². The van der Waals surface area contributed by atoms with Crippen molar-refractivity contribution in [2.75, 3.05) is 4.72 Å². The summed E-state index contributed by atoms with van der Waals surface area (Å²) in [7, 11) is -3.54. The first-order valence-electron chi connectivity index (χ1n) is 4.99. The Morgan fingerprint density at radius 1 is 1.44 bits per heavy atom. The van der Waals surface area contributed by atoms with Crippen LogP contribution >= 0.6 is 0 Å². The Kier molecular flexibility index (Phi) is 2.63. The second-order valence-corrected chi connectivity index (χ2v) is 5.64. The van der Waals surface area contributed by atoms with Crippen LogP contribution < -0.4 is 4.72 Å². The minimum Gasteiger partial charge on any atom is -0.270 e. The van der Waals surface area contributed by atoms with Gasteiger partial charge in [-0.15, -0.1) is 0 Å². The molecule has 0 atom stereocenters. The molecule has 1 aliphatic heterocycles. The lowest BCUT2D eigenvalue weighted by atomic mass is 10.1. The van der Waals surface area contributed by atoms with Crippen molar-refractivity contribution >= 4 is 15.9 Å². The van der Waals surface area contributed by atoms with Gasteiger partial charge in [0, 0.05) is 18.2 Å². The third-order valence-corrected chi connectivity index (χ3v) is 4.20. The van der Waals surface area contributed by atoms with Crippen molar-refractivity contribution in [2.45, 2.75) is 26.4 Å². The number of anilines is 1. The molecule has 16 heavy (non-hydrogen) atoms. The average Bonchev–Trinajstić information content (AvgIpc) is 2.15. The molecule has 0 aromatic heterocycles. The molecular weight excluding hydrogens is 231 g/mol. The summed E-state index contributed by atoms with van der Waals surface area (Å²) in [6.45, 7) is 3.59. The Bertz CT molecular complexity index is 514. The van der Waals surface area contributed by atoms with Crippen molar-refractivity contribution in [1.29, 1.82) is 0 Å². The lowest BCUT2D eigenvalue weighted by Crippen LogP contribution is -2.43. The van der Waals surface area contributed by atoms with E-state index in [-0.39, 0.29) is 18.4 Å². The Balaban J connectivity index is 2.51. The van der Waals surface area contributed by atoms with Crippen LogP contribution in [-0.2, 0) is 16.8 Å². The van der Waals surface area contributed by atoms with Crippen LogP contribution in [0, 0.1) is 5.82 Å². The summed E-state index contributed by atoms with van der Waals surface area (Å²) in [6, 6.07) is 4.18. The van der Waals surface area contributed by atoms with Crippen LogP contribution in [0.1, 0.15) is 19.4 Å². The van der Waals surface area contributed by atoms with Gasteiger partial charge in [-0.1, -0.05) is 6.07 Å². The second-order valence-electron chi connectivity index (χ2n) is 4.01. The summed E-state index contributed by atoms with van der Waals surface area (Å²) in [6.07, 6.45) is 0. The van der Waals surface area contributed by atoms with E-state index in [1.165, 1.54) is 16.4 Å². The Labute approximate surface area is 94.3 Å². The van der Waals surface area contributed by atoms with Crippen LogP contribution in [0.4, 0.5) is 10.1 Å². The maximum atomic E-state index is 13.5. The predicted octanol–water partition coefficient (Wildman–Crippen LogP) is 1.71. The number of halogens is 1. The summed E-state index contributed by atoms with van der Waals surface area (Å²) in [5, 5.41) is 0. The van der Waals surface area contributed by atoms with E-state index in [2.05, 4.69) is 4.72 Å². The van der Waals surface area contributed by atoms with E-state index in [9.17, 15) is 12.8 Å². The molecule has 88 valence electrons. The first-order chi connectivity index (χ1) is 7.42. The van der Waals surface area contributed by atoms with Crippen LogP contribution in [0.3, 0.4) is 0 Å². The largest absolute Gasteiger partial charge is 0.302 e. The van der Waals surface area contributed by atoms with E-state index in [1.54, 1.807) is 19.9 Å². The molecule has 0 amide bonds. The van der Waals surface area contributed by atoms with E-state index in [0.29, 0.717) is 11.3 Å². The molecule has 2 rings (SSSR count). The fourth-order valence-corrected chi connectivity index (χ4v) is 3.15. The van der Waals surface area contributed by atoms with Gasteiger partial charge in [-0.05, 0) is 26.0 Å². The molecule has 4 nitrogen and oxygen atoms in total. The van der Waals surface area contributed by atoms with Gasteiger partial charge in [0.1, 0.15) is 5.82 Å². The van der Waals surface area contributed by atoms with Gasteiger partial charge in [0.2, 0.25) is 0 Å². The van der Waals surface area contributed by atoms with Crippen molar-refractivity contribution in [3.63, 3.8) is 0 Å². The van der Waals surface area contributed by atoms with E-state index in [1.807, 2.05) is 0 Å². The Morgan fingerprint density at radius 2 is 2.12 bits per heavy atom. The number of hydrogen-bond donors (Lipinski definition) is 1. The van der Waals surface area contributed by atoms with E-state index < -0.39 is 10.2 Å². The number of hydrogen-bond acceptors (Lipinski definition) is 2. The van der Waals surface area contributed by atoms with Gasteiger partial charge in [0.05, 0.1) is 5.69 Å². The molecule has 0 fully saturated rings. The molecule has 1 aromatic rings. The van der Waals surface area contributed by atoms with Crippen molar-refractivity contribution in [3.8, 4) is 0 Å².